The summed E-state index contributed by atoms with van der Waals surface area (Å²) in [7, 11) is 9.55. The maximum absolute atomic E-state index is 11.7. The summed E-state index contributed by atoms with van der Waals surface area (Å²) < 4.78 is 7.69. The summed E-state index contributed by atoms with van der Waals surface area (Å²) in [5.74, 6) is 0.965. The Hall–Kier alpha value is -3.98. The summed E-state index contributed by atoms with van der Waals surface area (Å²) in [6.45, 7) is 1.58. The molecule has 176 valence electrons. The molecule has 0 aliphatic rings. The monoisotopic (exact) mass is 459 g/mol. The van der Waals surface area contributed by atoms with Crippen LogP contribution in [0.3, 0.4) is 0 Å². The van der Waals surface area contributed by atoms with E-state index in [1.165, 1.54) is 0 Å². The number of aryl methyl sites for hydroxylation is 1. The summed E-state index contributed by atoms with van der Waals surface area (Å²) in [4.78, 5) is 24.8. The number of nitroso groups, excluding NO2 is 1. The Morgan fingerprint density at radius 1 is 1.12 bits per heavy atom. The molecule has 0 bridgehead atoms. The minimum absolute atomic E-state index is 0.315. The van der Waals surface area contributed by atoms with Crippen molar-refractivity contribution in [3.05, 3.63) is 59.8 Å². The molecule has 0 aliphatic heterocycles. The highest BCUT2D eigenvalue weighted by atomic mass is 16.5. The number of ether oxygens (including phenoxy) is 1. The molecule has 9 heteroatoms. The number of hydrogen-bond donors (Lipinski definition) is 1. The first-order chi connectivity index (χ1) is 16.4. The van der Waals surface area contributed by atoms with Gasteiger partial charge in [-0.25, -0.2) is 9.97 Å². The minimum Gasteiger partial charge on any atom is -0.494 e. The number of likely N-dealkylation sites (N-methyl/N-ethyl adjacent to an activating group) is 2. The summed E-state index contributed by atoms with van der Waals surface area (Å²) in [5, 5.41) is 7.57. The topological polar surface area (TPSA) is 87.9 Å². The fraction of sp³-hybridized carbons (Fsp3) is 0.280. The maximum Gasteiger partial charge on any atom is 0.227 e. The molecule has 0 saturated heterocycles. The van der Waals surface area contributed by atoms with Crippen molar-refractivity contribution in [2.75, 3.05) is 51.6 Å². The molecular weight excluding hydrogens is 430 g/mol. The first-order valence-corrected chi connectivity index (χ1v) is 11.0. The Bertz CT molecular complexity index is 1320. The van der Waals surface area contributed by atoms with Gasteiger partial charge in [0.25, 0.3) is 0 Å². The first-order valence-electron chi connectivity index (χ1n) is 11.0. The van der Waals surface area contributed by atoms with Crippen LogP contribution in [-0.4, -0.2) is 60.8 Å². The molecule has 0 saturated carbocycles. The number of methoxy groups -OCH3 is 1. The number of anilines is 3. The molecule has 4 rings (SSSR count). The largest absolute Gasteiger partial charge is 0.494 e. The molecule has 4 aromatic rings. The molecule has 0 aliphatic carbocycles. The molecule has 2 heterocycles. The highest BCUT2D eigenvalue weighted by molar-refractivity contribution is 5.95. The third-order valence-corrected chi connectivity index (χ3v) is 5.76. The van der Waals surface area contributed by atoms with E-state index in [1.807, 2.05) is 57.4 Å². The fourth-order valence-electron chi connectivity index (χ4n) is 3.91. The van der Waals surface area contributed by atoms with Crippen molar-refractivity contribution < 1.29 is 4.74 Å². The normalized spacial score (nSPS) is 11.1. The van der Waals surface area contributed by atoms with Crippen molar-refractivity contribution in [1.29, 1.82) is 0 Å². The van der Waals surface area contributed by atoms with E-state index in [0.717, 1.165) is 35.2 Å². The number of nitrogens with zero attached hydrogens (tertiary/aromatic N) is 6. The molecule has 0 radical (unpaired) electrons. The lowest BCUT2D eigenvalue weighted by Crippen LogP contribution is -2.28. The predicted molar refractivity (Wildman–Crippen MR) is 138 cm³/mol. The van der Waals surface area contributed by atoms with Gasteiger partial charge in [0.2, 0.25) is 5.95 Å². The number of benzene rings is 2. The minimum atomic E-state index is 0.315. The number of nitrogens with one attached hydrogen (secondary N) is 1. The second-order valence-corrected chi connectivity index (χ2v) is 8.42. The lowest BCUT2D eigenvalue weighted by Gasteiger charge is -2.23. The summed E-state index contributed by atoms with van der Waals surface area (Å²) >= 11 is 0. The van der Waals surface area contributed by atoms with Crippen LogP contribution in [0, 0.1) is 4.91 Å². The van der Waals surface area contributed by atoms with Crippen molar-refractivity contribution in [2.24, 2.45) is 12.2 Å². The molecule has 0 amide bonds. The van der Waals surface area contributed by atoms with Crippen molar-refractivity contribution >= 4 is 33.9 Å². The number of hydrogen-bond acceptors (Lipinski definition) is 8. The van der Waals surface area contributed by atoms with Crippen molar-refractivity contribution in [2.45, 2.75) is 0 Å². The number of fused-ring (bicyclic) bond motifs is 1. The van der Waals surface area contributed by atoms with Crippen LogP contribution in [0.4, 0.5) is 23.0 Å². The van der Waals surface area contributed by atoms with E-state index in [9.17, 15) is 4.91 Å². The van der Waals surface area contributed by atoms with Crippen molar-refractivity contribution in [1.82, 2.24) is 19.4 Å². The molecule has 1 N–H and O–H groups in total. The molecule has 2 aromatic heterocycles. The standard InChI is InChI=1S/C25H29N7O2/c1-30(2)12-13-31(3)23-15-24(34-5)21(14-20(23)29-33)28-25-26-11-10-19(27-25)18-16-32(4)22-9-7-6-8-17(18)22/h6-11,14-16H,12-13H2,1-5H3,(H,26,27,28). The molecular formula is C25H29N7O2. The Morgan fingerprint density at radius 3 is 2.65 bits per heavy atom. The molecule has 34 heavy (non-hydrogen) atoms. The van der Waals surface area contributed by atoms with Gasteiger partial charge in [-0.2, -0.15) is 0 Å². The van der Waals surface area contributed by atoms with Gasteiger partial charge in [-0.1, -0.05) is 18.2 Å². The van der Waals surface area contributed by atoms with Gasteiger partial charge in [-0.3, -0.25) is 0 Å². The Kier molecular flexibility index (Phi) is 6.74. The Labute approximate surface area is 199 Å². The number of aromatic nitrogens is 3. The third-order valence-electron chi connectivity index (χ3n) is 5.76. The van der Waals surface area contributed by atoms with E-state index in [0.29, 0.717) is 28.8 Å². The van der Waals surface area contributed by atoms with Crippen LogP contribution in [0.1, 0.15) is 0 Å². The van der Waals surface area contributed by atoms with Gasteiger partial charge >= 0.3 is 0 Å². The van der Waals surface area contributed by atoms with Crippen molar-refractivity contribution in [3.63, 3.8) is 0 Å². The number of para-hydroxylation sites is 1. The van der Waals surface area contributed by atoms with Crippen LogP contribution in [0.2, 0.25) is 0 Å². The average Bonchev–Trinajstić information content (AvgIpc) is 3.19. The zero-order valence-corrected chi connectivity index (χ0v) is 20.1. The van der Waals surface area contributed by atoms with Gasteiger partial charge < -0.3 is 24.4 Å². The van der Waals surface area contributed by atoms with Gasteiger partial charge in [0.1, 0.15) is 11.4 Å². The van der Waals surface area contributed by atoms with Crippen LogP contribution in [-0.2, 0) is 7.05 Å². The highest BCUT2D eigenvalue weighted by Crippen LogP contribution is 2.39. The summed E-state index contributed by atoms with van der Waals surface area (Å²) in [6.07, 6.45) is 3.77. The van der Waals surface area contributed by atoms with Gasteiger partial charge in [0.05, 0.1) is 24.2 Å². The zero-order valence-electron chi connectivity index (χ0n) is 20.1. The van der Waals surface area contributed by atoms with Crippen molar-refractivity contribution in [3.8, 4) is 17.0 Å². The van der Waals surface area contributed by atoms with E-state index in [4.69, 9.17) is 9.72 Å². The molecule has 0 spiro atoms. The van der Waals surface area contributed by atoms with E-state index in [-0.39, 0.29) is 0 Å². The van der Waals surface area contributed by atoms with E-state index < -0.39 is 0 Å². The second-order valence-electron chi connectivity index (χ2n) is 8.42. The lowest BCUT2D eigenvalue weighted by molar-refractivity contribution is 0.413. The van der Waals surface area contributed by atoms with E-state index >= 15 is 0 Å². The number of rotatable bonds is 9. The first kappa shape index (κ1) is 23.2. The van der Waals surface area contributed by atoms with Crippen LogP contribution >= 0.6 is 0 Å². The van der Waals surface area contributed by atoms with Gasteiger partial charge in [-0.05, 0) is 37.5 Å². The zero-order chi connectivity index (χ0) is 24.2. The van der Waals surface area contributed by atoms with Gasteiger partial charge in [0, 0.05) is 62.1 Å². The Morgan fingerprint density at radius 2 is 1.91 bits per heavy atom. The molecule has 0 unspecified atom stereocenters. The fourth-order valence-corrected chi connectivity index (χ4v) is 3.91. The molecule has 0 fully saturated rings. The Balaban J connectivity index is 1.67. The van der Waals surface area contributed by atoms with E-state index in [1.54, 1.807) is 19.4 Å². The quantitative estimate of drug-likeness (QED) is 0.360. The summed E-state index contributed by atoms with van der Waals surface area (Å²) in [5.41, 5.74) is 4.52. The lowest BCUT2D eigenvalue weighted by atomic mass is 10.1. The van der Waals surface area contributed by atoms with Crippen LogP contribution < -0.4 is 15.0 Å². The van der Waals surface area contributed by atoms with Gasteiger partial charge in [0.15, 0.2) is 0 Å². The van der Waals surface area contributed by atoms with Gasteiger partial charge in [-0.15, -0.1) is 4.91 Å². The smallest absolute Gasteiger partial charge is 0.227 e. The summed E-state index contributed by atoms with van der Waals surface area (Å²) in [6, 6.07) is 13.6. The van der Waals surface area contributed by atoms with Crippen LogP contribution in [0.25, 0.3) is 22.2 Å². The van der Waals surface area contributed by atoms with Crippen LogP contribution in [0.15, 0.2) is 60.0 Å². The average molecular weight is 460 g/mol. The second kappa shape index (κ2) is 9.88. The molecule has 9 nitrogen and oxygen atoms in total. The van der Waals surface area contributed by atoms with Crippen LogP contribution in [0.5, 0.6) is 5.75 Å². The third kappa shape index (κ3) is 4.69. The molecule has 2 aromatic carbocycles. The SMILES string of the molecule is COc1cc(N(C)CCN(C)C)c(N=O)cc1Nc1nccc(-c2cn(C)c3ccccc23)n1. The highest BCUT2D eigenvalue weighted by Gasteiger charge is 2.16. The van der Waals surface area contributed by atoms with E-state index in [2.05, 4.69) is 43.3 Å². The maximum atomic E-state index is 11.7. The molecule has 0 atom stereocenters. The predicted octanol–water partition coefficient (Wildman–Crippen LogP) is 4.78.